The number of nitrogens with zero attached hydrogens (tertiary/aromatic N) is 2. The Morgan fingerprint density at radius 1 is 1.40 bits per heavy atom. The molecule has 0 saturated heterocycles. The lowest BCUT2D eigenvalue weighted by atomic mass is 9.72. The monoisotopic (exact) mass is 430 g/mol. The first kappa shape index (κ1) is 21.1. The van der Waals surface area contributed by atoms with Gasteiger partial charge in [-0.05, 0) is 79.1 Å². The average molecular weight is 431 g/mol. The van der Waals surface area contributed by atoms with Crippen molar-refractivity contribution in [2.24, 2.45) is 35.3 Å². The standard InChI is InChI=1S/C22H27FN4O2S/c1-12-7-14-9-16(12)17(20(14)21(24)28)10-19-18(23)11-25-22(27-19)26-15-4-2-3-13(8-15)5-6-30-29/h2-4,8,11-12,14,16-17,20,29H,5-7,9-10H2,1H3,(H2,24,28)(H,25,26,27)/t12-,14-,16-,17?,20+/m1/s1. The molecular formula is C22H27FN4O2S. The lowest BCUT2D eigenvalue weighted by Crippen LogP contribution is -2.38. The maximum absolute atomic E-state index is 14.5. The van der Waals surface area contributed by atoms with E-state index in [1.54, 1.807) is 0 Å². The molecule has 1 unspecified atom stereocenters. The summed E-state index contributed by atoms with van der Waals surface area (Å²) in [6.45, 7) is 2.21. The summed E-state index contributed by atoms with van der Waals surface area (Å²) in [6.07, 6.45) is 4.35. The molecule has 1 aromatic carbocycles. The van der Waals surface area contributed by atoms with Crippen molar-refractivity contribution >= 4 is 29.6 Å². The molecule has 8 heteroatoms. The largest absolute Gasteiger partial charge is 0.369 e. The molecule has 1 aromatic heterocycles. The molecule has 2 fully saturated rings. The molecular weight excluding hydrogens is 403 g/mol. The molecule has 2 bridgehead atoms. The van der Waals surface area contributed by atoms with Gasteiger partial charge in [0.2, 0.25) is 11.9 Å². The lowest BCUT2D eigenvalue weighted by molar-refractivity contribution is -0.125. The van der Waals surface area contributed by atoms with Crippen LogP contribution in [0.5, 0.6) is 0 Å². The fourth-order valence-corrected chi connectivity index (χ4v) is 5.81. The highest BCUT2D eigenvalue weighted by atomic mass is 32.2. The van der Waals surface area contributed by atoms with Crippen molar-refractivity contribution < 1.29 is 13.7 Å². The summed E-state index contributed by atoms with van der Waals surface area (Å²) in [4.78, 5) is 20.6. The van der Waals surface area contributed by atoms with Gasteiger partial charge in [-0.25, -0.2) is 14.4 Å². The van der Waals surface area contributed by atoms with E-state index in [-0.39, 0.29) is 17.7 Å². The molecule has 2 saturated carbocycles. The van der Waals surface area contributed by atoms with Crippen LogP contribution in [0, 0.1) is 35.4 Å². The number of carbonyl (C=O) groups is 1. The molecule has 2 aromatic rings. The van der Waals surface area contributed by atoms with Gasteiger partial charge < -0.3 is 15.6 Å². The van der Waals surface area contributed by atoms with Crippen LogP contribution in [-0.4, -0.2) is 26.2 Å². The highest BCUT2D eigenvalue weighted by molar-refractivity contribution is 7.93. The van der Waals surface area contributed by atoms with Gasteiger partial charge in [0, 0.05) is 17.4 Å². The van der Waals surface area contributed by atoms with Gasteiger partial charge in [0.15, 0.2) is 5.82 Å². The Bertz CT molecular complexity index is 928. The number of amides is 1. The SMILES string of the molecule is C[C@@H]1C[C@@H]2C[C@H]1C(Cc1nc(Nc3cccc(CCSO)c3)ncc1F)[C@H]2C(N)=O. The van der Waals surface area contributed by atoms with Crippen LogP contribution >= 0.6 is 12.0 Å². The fraction of sp³-hybridized carbons (Fsp3) is 0.500. The lowest BCUT2D eigenvalue weighted by Gasteiger charge is -2.32. The van der Waals surface area contributed by atoms with Crippen molar-refractivity contribution in [3.8, 4) is 0 Å². The number of fused-ring (bicyclic) bond motifs is 2. The number of carbonyl (C=O) groups excluding carboxylic acids is 1. The molecule has 6 nitrogen and oxygen atoms in total. The molecule has 0 aliphatic heterocycles. The van der Waals surface area contributed by atoms with Gasteiger partial charge in [-0.15, -0.1) is 0 Å². The predicted molar refractivity (Wildman–Crippen MR) is 116 cm³/mol. The quantitative estimate of drug-likeness (QED) is 0.546. The molecule has 2 aliphatic carbocycles. The third kappa shape index (κ3) is 4.30. The Morgan fingerprint density at radius 2 is 2.23 bits per heavy atom. The molecule has 2 aliphatic rings. The molecule has 4 N–H and O–H groups in total. The van der Waals surface area contributed by atoms with Crippen LogP contribution < -0.4 is 11.1 Å². The molecule has 30 heavy (non-hydrogen) atoms. The Morgan fingerprint density at radius 3 is 3.00 bits per heavy atom. The zero-order chi connectivity index (χ0) is 21.3. The van der Waals surface area contributed by atoms with E-state index >= 15 is 0 Å². The van der Waals surface area contributed by atoms with Crippen LogP contribution in [0.2, 0.25) is 0 Å². The third-order valence-electron chi connectivity index (χ3n) is 6.74. The van der Waals surface area contributed by atoms with E-state index in [2.05, 4.69) is 22.2 Å². The first-order chi connectivity index (χ1) is 14.5. The minimum atomic E-state index is -0.451. The number of rotatable bonds is 8. The second-order valence-electron chi connectivity index (χ2n) is 8.57. The zero-order valence-electron chi connectivity index (χ0n) is 16.9. The summed E-state index contributed by atoms with van der Waals surface area (Å²) in [6, 6.07) is 7.75. The topological polar surface area (TPSA) is 101 Å². The van der Waals surface area contributed by atoms with E-state index in [0.29, 0.717) is 41.6 Å². The van der Waals surface area contributed by atoms with Crippen molar-refractivity contribution in [1.29, 1.82) is 0 Å². The Balaban J connectivity index is 1.52. The number of anilines is 2. The van der Waals surface area contributed by atoms with Gasteiger partial charge in [-0.2, -0.15) is 0 Å². The van der Waals surface area contributed by atoms with Crippen molar-refractivity contribution in [3.05, 3.63) is 47.5 Å². The predicted octanol–water partition coefficient (Wildman–Crippen LogP) is 4.04. The number of benzene rings is 1. The number of primary amides is 1. The molecule has 0 spiro atoms. The van der Waals surface area contributed by atoms with Crippen molar-refractivity contribution in [1.82, 2.24) is 9.97 Å². The first-order valence-electron chi connectivity index (χ1n) is 10.4. The molecule has 0 radical (unpaired) electrons. The van der Waals surface area contributed by atoms with Crippen molar-refractivity contribution in [2.75, 3.05) is 11.1 Å². The van der Waals surface area contributed by atoms with Gasteiger partial charge in [0.25, 0.3) is 0 Å². The summed E-state index contributed by atoms with van der Waals surface area (Å²) >= 11 is 0.812. The van der Waals surface area contributed by atoms with E-state index in [4.69, 9.17) is 10.3 Å². The Hall–Kier alpha value is -2.19. The van der Waals surface area contributed by atoms with Gasteiger partial charge in [-0.3, -0.25) is 4.79 Å². The molecule has 4 rings (SSSR count). The van der Waals surface area contributed by atoms with Gasteiger partial charge in [0.1, 0.15) is 0 Å². The molecule has 1 heterocycles. The summed E-state index contributed by atoms with van der Waals surface area (Å²) in [7, 11) is 0. The average Bonchev–Trinajstić information content (AvgIpc) is 3.26. The third-order valence-corrected chi connectivity index (χ3v) is 7.13. The number of aromatic nitrogens is 2. The van der Waals surface area contributed by atoms with Crippen LogP contribution in [0.1, 0.15) is 31.0 Å². The number of halogens is 1. The Labute approximate surface area is 180 Å². The minimum Gasteiger partial charge on any atom is -0.369 e. The number of nitrogens with two attached hydrogens (primary N) is 1. The van der Waals surface area contributed by atoms with Crippen LogP contribution in [-0.2, 0) is 17.6 Å². The smallest absolute Gasteiger partial charge is 0.227 e. The molecule has 160 valence electrons. The van der Waals surface area contributed by atoms with E-state index in [1.807, 2.05) is 24.3 Å². The Kier molecular flexibility index (Phi) is 6.24. The number of hydrogen-bond donors (Lipinski definition) is 3. The van der Waals surface area contributed by atoms with Crippen LogP contribution in [0.25, 0.3) is 0 Å². The summed E-state index contributed by atoms with van der Waals surface area (Å²) < 4.78 is 23.5. The van der Waals surface area contributed by atoms with Gasteiger partial charge in [-0.1, -0.05) is 19.1 Å². The number of nitrogens with one attached hydrogen (secondary N) is 1. The second kappa shape index (κ2) is 8.89. The minimum absolute atomic E-state index is 0.0350. The number of aryl methyl sites for hydroxylation is 1. The summed E-state index contributed by atoms with van der Waals surface area (Å²) in [5.41, 5.74) is 7.90. The summed E-state index contributed by atoms with van der Waals surface area (Å²) in [5, 5.41) is 3.14. The first-order valence-corrected chi connectivity index (χ1v) is 11.3. The van der Waals surface area contributed by atoms with Crippen LogP contribution in [0.3, 0.4) is 0 Å². The van der Waals surface area contributed by atoms with Crippen LogP contribution in [0.4, 0.5) is 16.0 Å². The van der Waals surface area contributed by atoms with Gasteiger partial charge in [0.05, 0.1) is 11.9 Å². The maximum atomic E-state index is 14.5. The summed E-state index contributed by atoms with van der Waals surface area (Å²) in [5.74, 6) is 1.28. The van der Waals surface area contributed by atoms with Crippen molar-refractivity contribution in [3.63, 3.8) is 0 Å². The maximum Gasteiger partial charge on any atom is 0.227 e. The van der Waals surface area contributed by atoms with E-state index < -0.39 is 5.82 Å². The van der Waals surface area contributed by atoms with Crippen molar-refractivity contribution in [2.45, 2.75) is 32.6 Å². The van der Waals surface area contributed by atoms with Crippen LogP contribution in [0.15, 0.2) is 30.5 Å². The fourth-order valence-electron chi connectivity index (χ4n) is 5.48. The van der Waals surface area contributed by atoms with E-state index in [1.165, 1.54) is 6.20 Å². The highest BCUT2D eigenvalue weighted by Crippen LogP contribution is 2.55. The van der Waals surface area contributed by atoms with E-state index in [9.17, 15) is 9.18 Å². The normalized spacial score (nSPS) is 27.4. The molecule has 5 atom stereocenters. The van der Waals surface area contributed by atoms with Gasteiger partial charge >= 0.3 is 0 Å². The second-order valence-corrected chi connectivity index (χ2v) is 9.23. The molecule has 1 amide bonds. The number of hydrogen-bond acceptors (Lipinski definition) is 6. The van der Waals surface area contributed by atoms with E-state index in [0.717, 1.165) is 42.6 Å². The zero-order valence-corrected chi connectivity index (χ0v) is 17.7. The highest BCUT2D eigenvalue weighted by Gasteiger charge is 2.53.